The summed E-state index contributed by atoms with van der Waals surface area (Å²) in [4.78, 5) is 0. The Bertz CT molecular complexity index is 951. The van der Waals surface area contributed by atoms with Gasteiger partial charge >= 0.3 is 0 Å². The van der Waals surface area contributed by atoms with Crippen molar-refractivity contribution in [3.8, 4) is 22.9 Å². The van der Waals surface area contributed by atoms with Crippen LogP contribution in [0.2, 0.25) is 0 Å². The number of hydrogen-bond donors (Lipinski definition) is 0. The molecule has 0 saturated carbocycles. The molecule has 2 aromatic carbocycles. The molecule has 0 aliphatic rings. The molecule has 0 radical (unpaired) electrons. The summed E-state index contributed by atoms with van der Waals surface area (Å²) < 4.78 is 4.32. The minimum absolute atomic E-state index is 0.692. The predicted molar refractivity (Wildman–Crippen MR) is 96.0 cm³/mol. The molecule has 0 unspecified atom stereocenters. The first kappa shape index (κ1) is 16.0. The first-order valence-corrected chi connectivity index (χ1v) is 8.10. The molecule has 1 heterocycles. The molecular weight excluding hydrogens is 294 g/mol. The van der Waals surface area contributed by atoms with E-state index in [2.05, 4.69) is 67.6 Å². The lowest BCUT2D eigenvalue weighted by Gasteiger charge is -2.07. The van der Waals surface area contributed by atoms with E-state index in [1.54, 1.807) is 0 Å². The molecule has 0 fully saturated rings. The van der Waals surface area contributed by atoms with Gasteiger partial charge in [0.25, 0.3) is 0 Å². The van der Waals surface area contributed by atoms with E-state index in [1.165, 1.54) is 27.9 Å². The third kappa shape index (κ3) is 2.51. The maximum atomic E-state index is 9.07. The largest absolute Gasteiger partial charge is 0.238 e. The van der Waals surface area contributed by atoms with E-state index < -0.39 is 0 Å². The van der Waals surface area contributed by atoms with E-state index in [4.69, 9.17) is 5.26 Å². The van der Waals surface area contributed by atoms with Gasteiger partial charge in [-0.1, -0.05) is 22.9 Å². The van der Waals surface area contributed by atoms with Crippen LogP contribution in [0.4, 0.5) is 0 Å². The van der Waals surface area contributed by atoms with E-state index in [0.29, 0.717) is 5.56 Å². The van der Waals surface area contributed by atoms with Crippen molar-refractivity contribution in [2.24, 2.45) is 7.05 Å². The standard InChI is InChI=1S/C21H22N3/c1-14-7-6-8-15(2)21(14)19-13-24(23(5)17(19)4)20-10-9-18(12-22)11-16(20)3/h6-11,13H,1-5H3/q+1. The fourth-order valence-corrected chi connectivity index (χ4v) is 3.34. The molecule has 3 rings (SSSR count). The quantitative estimate of drug-likeness (QED) is 0.656. The maximum Gasteiger partial charge on any atom is 0.238 e. The second-order valence-electron chi connectivity index (χ2n) is 6.38. The van der Waals surface area contributed by atoms with Gasteiger partial charge in [0.15, 0.2) is 0 Å². The van der Waals surface area contributed by atoms with Gasteiger partial charge in [-0.15, -0.1) is 0 Å². The van der Waals surface area contributed by atoms with Crippen molar-refractivity contribution in [2.45, 2.75) is 27.7 Å². The molecule has 0 atom stereocenters. The molecule has 0 aliphatic carbocycles. The number of rotatable bonds is 2. The van der Waals surface area contributed by atoms with Gasteiger partial charge in [0, 0.05) is 11.6 Å². The second-order valence-corrected chi connectivity index (χ2v) is 6.38. The lowest BCUT2D eigenvalue weighted by Crippen LogP contribution is -2.39. The molecule has 120 valence electrons. The highest BCUT2D eigenvalue weighted by atomic mass is 15.4. The Morgan fingerprint density at radius 3 is 2.21 bits per heavy atom. The lowest BCUT2D eigenvalue weighted by molar-refractivity contribution is -0.683. The summed E-state index contributed by atoms with van der Waals surface area (Å²) in [7, 11) is 2.07. The van der Waals surface area contributed by atoms with Crippen molar-refractivity contribution in [1.29, 1.82) is 5.26 Å². The Balaban J connectivity index is 2.22. The average molecular weight is 316 g/mol. The van der Waals surface area contributed by atoms with E-state index in [0.717, 1.165) is 11.3 Å². The van der Waals surface area contributed by atoms with Gasteiger partial charge < -0.3 is 0 Å². The molecule has 24 heavy (non-hydrogen) atoms. The van der Waals surface area contributed by atoms with Gasteiger partial charge in [0.05, 0.1) is 29.9 Å². The van der Waals surface area contributed by atoms with E-state index in [1.807, 2.05) is 25.1 Å². The van der Waals surface area contributed by atoms with Crippen molar-refractivity contribution in [2.75, 3.05) is 0 Å². The van der Waals surface area contributed by atoms with Crippen molar-refractivity contribution >= 4 is 0 Å². The van der Waals surface area contributed by atoms with Crippen LogP contribution < -0.4 is 4.68 Å². The molecular formula is C21H22N3+. The molecule has 0 N–H and O–H groups in total. The minimum atomic E-state index is 0.692. The predicted octanol–water partition coefficient (Wildman–Crippen LogP) is 4.07. The van der Waals surface area contributed by atoms with Crippen LogP contribution in [0, 0.1) is 39.0 Å². The summed E-state index contributed by atoms with van der Waals surface area (Å²) in [6.07, 6.45) is 2.19. The summed E-state index contributed by atoms with van der Waals surface area (Å²) in [5.41, 5.74) is 9.21. The van der Waals surface area contributed by atoms with E-state index in [-0.39, 0.29) is 0 Å². The minimum Gasteiger partial charge on any atom is -0.192 e. The van der Waals surface area contributed by atoms with Crippen molar-refractivity contribution in [3.63, 3.8) is 0 Å². The summed E-state index contributed by atoms with van der Waals surface area (Å²) in [5, 5.41) is 9.07. The number of nitrogens with zero attached hydrogens (tertiary/aromatic N) is 3. The fourth-order valence-electron chi connectivity index (χ4n) is 3.34. The Hall–Kier alpha value is -2.86. The number of hydrogen-bond acceptors (Lipinski definition) is 1. The van der Waals surface area contributed by atoms with Gasteiger partial charge in [-0.05, 0) is 56.5 Å². The smallest absolute Gasteiger partial charge is 0.192 e. The van der Waals surface area contributed by atoms with Crippen LogP contribution in [0.5, 0.6) is 0 Å². The monoisotopic (exact) mass is 316 g/mol. The molecule has 0 amide bonds. The highest BCUT2D eigenvalue weighted by molar-refractivity contribution is 5.71. The zero-order valence-corrected chi connectivity index (χ0v) is 14.9. The Kier molecular flexibility index (Phi) is 3.99. The average Bonchev–Trinajstić information content (AvgIpc) is 2.83. The Labute approximate surface area is 143 Å². The van der Waals surface area contributed by atoms with Crippen LogP contribution in [-0.2, 0) is 7.05 Å². The van der Waals surface area contributed by atoms with Crippen molar-refractivity contribution in [3.05, 3.63) is 70.5 Å². The third-order valence-corrected chi connectivity index (χ3v) is 4.77. The van der Waals surface area contributed by atoms with Crippen LogP contribution in [0.3, 0.4) is 0 Å². The zero-order chi connectivity index (χ0) is 17.4. The lowest BCUT2D eigenvalue weighted by atomic mass is 9.96. The number of benzene rings is 2. The fraction of sp³-hybridized carbons (Fsp3) is 0.238. The van der Waals surface area contributed by atoms with Crippen LogP contribution >= 0.6 is 0 Å². The summed E-state index contributed by atoms with van der Waals surface area (Å²) in [5.74, 6) is 0. The van der Waals surface area contributed by atoms with Crippen LogP contribution in [0.15, 0.2) is 42.6 Å². The first-order chi connectivity index (χ1) is 11.4. The summed E-state index contributed by atoms with van der Waals surface area (Å²) in [6.45, 7) is 8.51. The molecule has 0 saturated heterocycles. The second kappa shape index (κ2) is 5.98. The van der Waals surface area contributed by atoms with Gasteiger partial charge in [-0.3, -0.25) is 0 Å². The van der Waals surface area contributed by atoms with Crippen molar-refractivity contribution < 1.29 is 4.68 Å². The number of aryl methyl sites for hydroxylation is 3. The van der Waals surface area contributed by atoms with Crippen LogP contribution in [0.1, 0.15) is 27.9 Å². The maximum absolute atomic E-state index is 9.07. The number of nitriles is 1. The summed E-state index contributed by atoms with van der Waals surface area (Å²) >= 11 is 0. The normalized spacial score (nSPS) is 10.7. The topological polar surface area (TPSA) is 32.6 Å². The Morgan fingerprint density at radius 2 is 1.62 bits per heavy atom. The van der Waals surface area contributed by atoms with Crippen LogP contribution in [0.25, 0.3) is 16.8 Å². The molecule has 0 aliphatic heterocycles. The molecule has 0 bridgehead atoms. The van der Waals surface area contributed by atoms with E-state index in [9.17, 15) is 0 Å². The van der Waals surface area contributed by atoms with Gasteiger partial charge in [0.1, 0.15) is 0 Å². The van der Waals surface area contributed by atoms with Crippen molar-refractivity contribution in [1.82, 2.24) is 4.68 Å². The Morgan fingerprint density at radius 1 is 0.958 bits per heavy atom. The third-order valence-electron chi connectivity index (χ3n) is 4.77. The highest BCUT2D eigenvalue weighted by Gasteiger charge is 2.23. The molecule has 3 aromatic rings. The highest BCUT2D eigenvalue weighted by Crippen LogP contribution is 2.29. The van der Waals surface area contributed by atoms with Gasteiger partial charge in [0.2, 0.25) is 11.9 Å². The molecule has 3 heteroatoms. The molecule has 1 aromatic heterocycles. The SMILES string of the molecule is Cc1cc(C#N)ccc1-[n+]1cc(-c2c(C)cccc2C)c(C)n1C. The van der Waals surface area contributed by atoms with Gasteiger partial charge in [-0.25, -0.2) is 0 Å². The molecule has 0 spiro atoms. The van der Waals surface area contributed by atoms with Gasteiger partial charge in [-0.2, -0.15) is 9.94 Å². The van der Waals surface area contributed by atoms with Crippen LogP contribution in [-0.4, -0.2) is 4.68 Å². The zero-order valence-electron chi connectivity index (χ0n) is 14.9. The molecule has 3 nitrogen and oxygen atoms in total. The summed E-state index contributed by atoms with van der Waals surface area (Å²) in [6, 6.07) is 14.4. The number of aromatic nitrogens is 2. The first-order valence-electron chi connectivity index (χ1n) is 8.10. The van der Waals surface area contributed by atoms with E-state index >= 15 is 0 Å².